The molecule has 4 nitrogen and oxygen atoms in total. The molecule has 0 bridgehead atoms. The van der Waals surface area contributed by atoms with Crippen LogP contribution in [0.2, 0.25) is 0 Å². The fourth-order valence-electron chi connectivity index (χ4n) is 2.36. The molecule has 1 heterocycles. The highest BCUT2D eigenvalue weighted by molar-refractivity contribution is 5.75. The Morgan fingerprint density at radius 1 is 1.42 bits per heavy atom. The fourth-order valence-corrected chi connectivity index (χ4v) is 2.36. The first kappa shape index (κ1) is 13.7. The SMILES string of the molecule is NC(=O)CN1CCC[C@H](Nc2ccc(F)c(F)c2)C1. The lowest BCUT2D eigenvalue weighted by Crippen LogP contribution is -2.45. The molecule has 1 aliphatic heterocycles. The van der Waals surface area contributed by atoms with Gasteiger partial charge in [-0.05, 0) is 31.5 Å². The number of benzene rings is 1. The van der Waals surface area contributed by atoms with Gasteiger partial charge in [0.2, 0.25) is 5.91 Å². The number of carbonyl (C=O) groups is 1. The average molecular weight is 269 g/mol. The van der Waals surface area contributed by atoms with Crippen molar-refractivity contribution < 1.29 is 13.6 Å². The summed E-state index contributed by atoms with van der Waals surface area (Å²) >= 11 is 0. The second-order valence-corrected chi connectivity index (χ2v) is 4.81. The Balaban J connectivity index is 1.94. The van der Waals surface area contributed by atoms with Crippen molar-refractivity contribution in [2.45, 2.75) is 18.9 Å². The minimum absolute atomic E-state index is 0.109. The largest absolute Gasteiger partial charge is 0.381 e. The molecular formula is C13H17F2N3O. The summed E-state index contributed by atoms with van der Waals surface area (Å²) < 4.78 is 25.9. The van der Waals surface area contributed by atoms with Crippen molar-refractivity contribution in [3.8, 4) is 0 Å². The highest BCUT2D eigenvalue weighted by Crippen LogP contribution is 2.18. The number of nitrogens with zero attached hydrogens (tertiary/aromatic N) is 1. The molecule has 19 heavy (non-hydrogen) atoms. The van der Waals surface area contributed by atoms with E-state index in [9.17, 15) is 13.6 Å². The van der Waals surface area contributed by atoms with Crippen LogP contribution in [0.5, 0.6) is 0 Å². The van der Waals surface area contributed by atoms with Gasteiger partial charge in [0.05, 0.1) is 6.54 Å². The number of primary amides is 1. The molecule has 1 aliphatic rings. The van der Waals surface area contributed by atoms with Crippen LogP contribution in [0, 0.1) is 11.6 Å². The van der Waals surface area contributed by atoms with Crippen LogP contribution in [0.4, 0.5) is 14.5 Å². The number of halogens is 2. The van der Waals surface area contributed by atoms with Gasteiger partial charge in [0.1, 0.15) is 0 Å². The van der Waals surface area contributed by atoms with Gasteiger partial charge in [-0.2, -0.15) is 0 Å². The highest BCUT2D eigenvalue weighted by Gasteiger charge is 2.20. The van der Waals surface area contributed by atoms with E-state index in [4.69, 9.17) is 5.73 Å². The van der Waals surface area contributed by atoms with E-state index in [1.165, 1.54) is 6.07 Å². The number of nitrogens with one attached hydrogen (secondary N) is 1. The molecule has 0 aliphatic carbocycles. The molecular weight excluding hydrogens is 252 g/mol. The topological polar surface area (TPSA) is 58.4 Å². The molecule has 1 aromatic carbocycles. The van der Waals surface area contributed by atoms with Crippen LogP contribution in [0.1, 0.15) is 12.8 Å². The zero-order valence-corrected chi connectivity index (χ0v) is 10.5. The number of carbonyl (C=O) groups excluding carboxylic acids is 1. The number of anilines is 1. The van der Waals surface area contributed by atoms with Crippen LogP contribution in [-0.4, -0.2) is 36.5 Å². The monoisotopic (exact) mass is 269 g/mol. The first-order chi connectivity index (χ1) is 9.04. The Hall–Kier alpha value is -1.69. The number of likely N-dealkylation sites (tertiary alicyclic amines) is 1. The summed E-state index contributed by atoms with van der Waals surface area (Å²) in [4.78, 5) is 12.8. The number of piperidine rings is 1. The number of amides is 1. The van der Waals surface area contributed by atoms with E-state index in [0.29, 0.717) is 12.2 Å². The van der Waals surface area contributed by atoms with Crippen LogP contribution < -0.4 is 11.1 Å². The van der Waals surface area contributed by atoms with Crippen LogP contribution in [0.3, 0.4) is 0 Å². The van der Waals surface area contributed by atoms with Crippen molar-refractivity contribution in [3.05, 3.63) is 29.8 Å². The quantitative estimate of drug-likeness (QED) is 0.867. The van der Waals surface area contributed by atoms with Gasteiger partial charge in [-0.3, -0.25) is 9.69 Å². The third-order valence-corrected chi connectivity index (χ3v) is 3.18. The normalized spacial score (nSPS) is 20.2. The smallest absolute Gasteiger partial charge is 0.231 e. The standard InChI is InChI=1S/C13H17F2N3O/c14-11-4-3-9(6-12(11)15)17-10-2-1-5-18(7-10)8-13(16)19/h3-4,6,10,17H,1-2,5,7-8H2,(H2,16,19)/t10-/m0/s1. The third kappa shape index (κ3) is 3.89. The van der Waals surface area contributed by atoms with Crippen molar-refractivity contribution in [1.29, 1.82) is 0 Å². The van der Waals surface area contributed by atoms with Gasteiger partial charge in [-0.1, -0.05) is 0 Å². The summed E-state index contributed by atoms with van der Waals surface area (Å²) in [5.41, 5.74) is 5.71. The molecule has 1 saturated heterocycles. The van der Waals surface area contributed by atoms with Crippen LogP contribution >= 0.6 is 0 Å². The Bertz CT molecular complexity index is 467. The highest BCUT2D eigenvalue weighted by atomic mass is 19.2. The molecule has 0 aromatic heterocycles. The van der Waals surface area contributed by atoms with E-state index in [2.05, 4.69) is 5.32 Å². The van der Waals surface area contributed by atoms with Gasteiger partial charge >= 0.3 is 0 Å². The van der Waals surface area contributed by atoms with Crippen molar-refractivity contribution >= 4 is 11.6 Å². The molecule has 3 N–H and O–H groups in total. The van der Waals surface area contributed by atoms with Crippen molar-refractivity contribution in [3.63, 3.8) is 0 Å². The second-order valence-electron chi connectivity index (χ2n) is 4.81. The molecule has 2 rings (SSSR count). The maximum Gasteiger partial charge on any atom is 0.231 e. The Morgan fingerprint density at radius 2 is 2.21 bits per heavy atom. The van der Waals surface area contributed by atoms with Crippen LogP contribution in [0.25, 0.3) is 0 Å². The summed E-state index contributed by atoms with van der Waals surface area (Å²) in [5, 5.41) is 3.15. The molecule has 0 unspecified atom stereocenters. The van der Waals surface area contributed by atoms with Gasteiger partial charge in [0, 0.05) is 24.3 Å². The molecule has 0 saturated carbocycles. The maximum atomic E-state index is 13.1. The summed E-state index contributed by atoms with van der Waals surface area (Å²) in [6, 6.07) is 3.85. The lowest BCUT2D eigenvalue weighted by molar-refractivity contribution is -0.119. The van der Waals surface area contributed by atoms with E-state index < -0.39 is 11.6 Å². The predicted octanol–water partition coefficient (Wildman–Crippen LogP) is 1.33. The zero-order valence-electron chi connectivity index (χ0n) is 10.5. The number of hydrogen-bond acceptors (Lipinski definition) is 3. The molecule has 1 aromatic rings. The Morgan fingerprint density at radius 3 is 2.89 bits per heavy atom. The minimum Gasteiger partial charge on any atom is -0.381 e. The molecule has 1 fully saturated rings. The first-order valence-corrected chi connectivity index (χ1v) is 6.27. The molecule has 104 valence electrons. The van der Waals surface area contributed by atoms with Crippen molar-refractivity contribution in [2.24, 2.45) is 5.73 Å². The maximum absolute atomic E-state index is 13.1. The van der Waals surface area contributed by atoms with E-state index in [0.717, 1.165) is 31.5 Å². The molecule has 1 amide bonds. The van der Waals surface area contributed by atoms with Crippen LogP contribution in [0.15, 0.2) is 18.2 Å². The first-order valence-electron chi connectivity index (χ1n) is 6.27. The Kier molecular flexibility index (Phi) is 4.31. The molecule has 1 atom stereocenters. The van der Waals surface area contributed by atoms with E-state index in [1.807, 2.05) is 4.90 Å². The van der Waals surface area contributed by atoms with Crippen LogP contribution in [-0.2, 0) is 4.79 Å². The van der Waals surface area contributed by atoms with Gasteiger partial charge in [-0.25, -0.2) is 8.78 Å². The number of hydrogen-bond donors (Lipinski definition) is 2. The Labute approximate surface area is 110 Å². The van der Waals surface area contributed by atoms with Gasteiger partial charge in [0.25, 0.3) is 0 Å². The van der Waals surface area contributed by atoms with Crippen molar-refractivity contribution in [1.82, 2.24) is 4.90 Å². The summed E-state index contributed by atoms with van der Waals surface area (Å²) in [5.74, 6) is -2.08. The summed E-state index contributed by atoms with van der Waals surface area (Å²) in [6.07, 6.45) is 1.86. The van der Waals surface area contributed by atoms with Crippen molar-refractivity contribution in [2.75, 3.05) is 25.0 Å². The second kappa shape index (κ2) is 5.97. The number of nitrogens with two attached hydrogens (primary N) is 1. The summed E-state index contributed by atoms with van der Waals surface area (Å²) in [6.45, 7) is 1.73. The van der Waals surface area contributed by atoms with Gasteiger partial charge in [-0.15, -0.1) is 0 Å². The van der Waals surface area contributed by atoms with E-state index >= 15 is 0 Å². The third-order valence-electron chi connectivity index (χ3n) is 3.18. The average Bonchev–Trinajstić information content (AvgIpc) is 2.33. The summed E-state index contributed by atoms with van der Waals surface area (Å²) in [7, 11) is 0. The number of rotatable bonds is 4. The molecule has 0 spiro atoms. The van der Waals surface area contributed by atoms with Gasteiger partial charge in [0.15, 0.2) is 11.6 Å². The van der Waals surface area contributed by atoms with Gasteiger partial charge < -0.3 is 11.1 Å². The predicted molar refractivity (Wildman–Crippen MR) is 68.6 cm³/mol. The molecule has 0 radical (unpaired) electrons. The molecule has 6 heteroatoms. The lowest BCUT2D eigenvalue weighted by atomic mass is 10.1. The van der Waals surface area contributed by atoms with E-state index in [-0.39, 0.29) is 18.5 Å². The zero-order chi connectivity index (χ0) is 13.8. The lowest BCUT2D eigenvalue weighted by Gasteiger charge is -2.32. The minimum atomic E-state index is -0.866. The fraction of sp³-hybridized carbons (Fsp3) is 0.462. The van der Waals surface area contributed by atoms with E-state index in [1.54, 1.807) is 0 Å².